The Morgan fingerprint density at radius 1 is 1.54 bits per heavy atom. The van der Waals surface area contributed by atoms with Gasteiger partial charge >= 0.3 is 0 Å². The van der Waals surface area contributed by atoms with Gasteiger partial charge in [0.25, 0.3) is 0 Å². The van der Waals surface area contributed by atoms with E-state index in [-0.39, 0.29) is 17.9 Å². The molecule has 1 N–H and O–H groups in total. The average Bonchev–Trinajstić information content (AvgIpc) is 2.00. The summed E-state index contributed by atoms with van der Waals surface area (Å²) < 4.78 is 0. The number of rotatable bonds is 3. The molecule has 1 aliphatic carbocycles. The van der Waals surface area contributed by atoms with Crippen LogP contribution in [-0.2, 0) is 4.79 Å². The maximum atomic E-state index is 11.5. The van der Waals surface area contributed by atoms with Gasteiger partial charge in [0.05, 0.1) is 6.10 Å². The molecule has 1 saturated carbocycles. The van der Waals surface area contributed by atoms with Crippen LogP contribution in [0.1, 0.15) is 26.7 Å². The zero-order valence-electron chi connectivity index (χ0n) is 8.66. The quantitative estimate of drug-likeness (QED) is 0.709. The molecule has 0 aliphatic heterocycles. The Bertz CT molecular complexity index is 185. The van der Waals surface area contributed by atoms with Crippen LogP contribution in [0.25, 0.3) is 0 Å². The van der Waals surface area contributed by atoms with Gasteiger partial charge in [-0.3, -0.25) is 4.79 Å². The van der Waals surface area contributed by atoms with Gasteiger partial charge in [0, 0.05) is 19.5 Å². The lowest BCUT2D eigenvalue weighted by molar-refractivity contribution is -0.134. The molecule has 0 aromatic carbocycles. The molecule has 3 nitrogen and oxygen atoms in total. The molecule has 0 aromatic rings. The van der Waals surface area contributed by atoms with Crippen LogP contribution >= 0.6 is 0 Å². The Labute approximate surface area is 79.7 Å². The highest BCUT2D eigenvalue weighted by Gasteiger charge is 2.29. The molecule has 0 saturated heterocycles. The first-order valence-electron chi connectivity index (χ1n) is 4.93. The molecule has 1 aliphatic rings. The summed E-state index contributed by atoms with van der Waals surface area (Å²) in [7, 11) is 1.84. The van der Waals surface area contributed by atoms with Crippen molar-refractivity contribution < 1.29 is 9.90 Å². The molecule has 0 spiro atoms. The second-order valence-electron chi connectivity index (χ2n) is 4.36. The van der Waals surface area contributed by atoms with Crippen molar-refractivity contribution in [3.05, 3.63) is 0 Å². The van der Waals surface area contributed by atoms with E-state index in [0.717, 1.165) is 19.4 Å². The van der Waals surface area contributed by atoms with Crippen LogP contribution in [0.3, 0.4) is 0 Å². The number of carbonyl (C=O) groups is 1. The fourth-order valence-electron chi connectivity index (χ4n) is 1.77. The summed E-state index contributed by atoms with van der Waals surface area (Å²) in [6.45, 7) is 4.62. The Kier molecular flexibility index (Phi) is 3.31. The zero-order chi connectivity index (χ0) is 10.0. The van der Waals surface area contributed by atoms with Gasteiger partial charge in [-0.15, -0.1) is 0 Å². The maximum absolute atomic E-state index is 11.5. The van der Waals surface area contributed by atoms with E-state index in [1.165, 1.54) is 0 Å². The molecule has 0 atom stereocenters. The van der Waals surface area contributed by atoms with Crippen molar-refractivity contribution >= 4 is 5.91 Å². The standard InChI is InChI=1S/C10H19NO2/c1-7(2)10(13)11(3)6-8-4-9(12)5-8/h7-9,12H,4-6H2,1-3H3. The highest BCUT2D eigenvalue weighted by molar-refractivity contribution is 5.77. The third kappa shape index (κ3) is 2.69. The van der Waals surface area contributed by atoms with Gasteiger partial charge in [-0.2, -0.15) is 0 Å². The topological polar surface area (TPSA) is 40.5 Å². The van der Waals surface area contributed by atoms with Crippen LogP contribution in [0.5, 0.6) is 0 Å². The summed E-state index contributed by atoms with van der Waals surface area (Å²) in [6.07, 6.45) is 1.60. The van der Waals surface area contributed by atoms with Gasteiger partial charge in [0.2, 0.25) is 5.91 Å². The van der Waals surface area contributed by atoms with Crippen LogP contribution in [0.4, 0.5) is 0 Å². The Balaban J connectivity index is 2.25. The fourth-order valence-corrected chi connectivity index (χ4v) is 1.77. The van der Waals surface area contributed by atoms with E-state index in [2.05, 4.69) is 0 Å². The molecule has 1 amide bonds. The molecule has 0 bridgehead atoms. The highest BCUT2D eigenvalue weighted by atomic mass is 16.3. The first-order valence-corrected chi connectivity index (χ1v) is 4.93. The van der Waals surface area contributed by atoms with Crippen LogP contribution in [-0.4, -0.2) is 35.6 Å². The van der Waals surface area contributed by atoms with Gasteiger partial charge in [0.1, 0.15) is 0 Å². The normalized spacial score (nSPS) is 27.2. The molecule has 0 aromatic heterocycles. The lowest BCUT2D eigenvalue weighted by atomic mass is 9.82. The van der Waals surface area contributed by atoms with Crippen LogP contribution in [0, 0.1) is 11.8 Å². The van der Waals surface area contributed by atoms with Crippen molar-refractivity contribution in [3.63, 3.8) is 0 Å². The van der Waals surface area contributed by atoms with Crippen molar-refractivity contribution in [3.8, 4) is 0 Å². The van der Waals surface area contributed by atoms with Crippen molar-refractivity contribution in [2.24, 2.45) is 11.8 Å². The molecular weight excluding hydrogens is 166 g/mol. The summed E-state index contributed by atoms with van der Waals surface area (Å²) in [5, 5.41) is 9.08. The smallest absolute Gasteiger partial charge is 0.224 e. The van der Waals surface area contributed by atoms with Crippen LogP contribution < -0.4 is 0 Å². The number of nitrogens with zero attached hydrogens (tertiary/aromatic N) is 1. The van der Waals surface area contributed by atoms with Crippen molar-refractivity contribution in [2.75, 3.05) is 13.6 Å². The highest BCUT2D eigenvalue weighted by Crippen LogP contribution is 2.27. The predicted molar refractivity (Wildman–Crippen MR) is 51.2 cm³/mol. The first-order chi connectivity index (χ1) is 6.00. The number of carbonyl (C=O) groups excluding carboxylic acids is 1. The van der Waals surface area contributed by atoms with Crippen LogP contribution in [0.2, 0.25) is 0 Å². The molecule has 76 valence electrons. The van der Waals surface area contributed by atoms with Crippen molar-refractivity contribution in [1.29, 1.82) is 0 Å². The number of aliphatic hydroxyl groups excluding tert-OH is 1. The van der Waals surface area contributed by atoms with E-state index in [1.807, 2.05) is 20.9 Å². The summed E-state index contributed by atoms with van der Waals surface area (Å²) in [5.41, 5.74) is 0. The van der Waals surface area contributed by atoms with E-state index >= 15 is 0 Å². The average molecular weight is 185 g/mol. The van der Waals surface area contributed by atoms with E-state index in [1.54, 1.807) is 4.90 Å². The molecule has 0 radical (unpaired) electrons. The van der Waals surface area contributed by atoms with Gasteiger partial charge < -0.3 is 10.0 Å². The molecule has 1 fully saturated rings. The summed E-state index contributed by atoms with van der Waals surface area (Å²) in [4.78, 5) is 13.2. The Morgan fingerprint density at radius 3 is 2.46 bits per heavy atom. The summed E-state index contributed by atoms with van der Waals surface area (Å²) >= 11 is 0. The fraction of sp³-hybridized carbons (Fsp3) is 0.900. The lowest BCUT2D eigenvalue weighted by Gasteiger charge is -2.34. The third-order valence-electron chi connectivity index (χ3n) is 2.61. The number of hydrogen-bond acceptors (Lipinski definition) is 2. The monoisotopic (exact) mass is 185 g/mol. The molecule has 1 rings (SSSR count). The largest absolute Gasteiger partial charge is 0.393 e. The lowest BCUT2D eigenvalue weighted by Crippen LogP contribution is -2.40. The second kappa shape index (κ2) is 4.09. The minimum absolute atomic E-state index is 0.0787. The number of amides is 1. The molecule has 0 heterocycles. The van der Waals surface area contributed by atoms with Crippen LogP contribution in [0.15, 0.2) is 0 Å². The SMILES string of the molecule is CC(C)C(=O)N(C)CC1CC(O)C1. The van der Waals surface area contributed by atoms with E-state index in [9.17, 15) is 4.79 Å². The van der Waals surface area contributed by atoms with Gasteiger partial charge in [0.15, 0.2) is 0 Å². The van der Waals surface area contributed by atoms with Gasteiger partial charge in [-0.25, -0.2) is 0 Å². The Morgan fingerprint density at radius 2 is 2.08 bits per heavy atom. The molecule has 13 heavy (non-hydrogen) atoms. The molecular formula is C10H19NO2. The molecule has 3 heteroatoms. The minimum atomic E-state index is -0.118. The Hall–Kier alpha value is -0.570. The van der Waals surface area contributed by atoms with E-state index in [0.29, 0.717) is 5.92 Å². The van der Waals surface area contributed by atoms with Gasteiger partial charge in [-0.1, -0.05) is 13.8 Å². The van der Waals surface area contributed by atoms with Crippen molar-refractivity contribution in [2.45, 2.75) is 32.8 Å². The van der Waals surface area contributed by atoms with E-state index in [4.69, 9.17) is 5.11 Å². The third-order valence-corrected chi connectivity index (χ3v) is 2.61. The zero-order valence-corrected chi connectivity index (χ0v) is 8.66. The first kappa shape index (κ1) is 10.5. The predicted octanol–water partition coefficient (Wildman–Crippen LogP) is 0.872. The van der Waals surface area contributed by atoms with E-state index < -0.39 is 0 Å². The number of aliphatic hydroxyl groups is 1. The summed E-state index contributed by atoms with van der Waals surface area (Å²) in [6, 6.07) is 0. The van der Waals surface area contributed by atoms with Gasteiger partial charge in [-0.05, 0) is 18.8 Å². The summed E-state index contributed by atoms with van der Waals surface area (Å²) in [5.74, 6) is 0.791. The second-order valence-corrected chi connectivity index (χ2v) is 4.36. The minimum Gasteiger partial charge on any atom is -0.393 e. The molecule has 0 unspecified atom stereocenters. The maximum Gasteiger partial charge on any atom is 0.224 e. The van der Waals surface area contributed by atoms with Crippen molar-refractivity contribution in [1.82, 2.24) is 4.90 Å². The number of hydrogen-bond donors (Lipinski definition) is 1.